The number of thiol groups is 1. The van der Waals surface area contributed by atoms with Crippen molar-refractivity contribution in [3.63, 3.8) is 0 Å². The predicted molar refractivity (Wildman–Crippen MR) is 39.8 cm³/mol. The summed E-state index contributed by atoms with van der Waals surface area (Å²) in [4.78, 5) is 9.90. The lowest BCUT2D eigenvalue weighted by Gasteiger charge is -1.89. The summed E-state index contributed by atoms with van der Waals surface area (Å²) in [6.07, 6.45) is 3.43. The van der Waals surface area contributed by atoms with Gasteiger partial charge in [-0.2, -0.15) is 12.6 Å². The molecule has 2 nitrogen and oxygen atoms in total. The fourth-order valence-electron chi connectivity index (χ4n) is 0.366. The Morgan fingerprint density at radius 2 is 2.44 bits per heavy atom. The van der Waals surface area contributed by atoms with Crippen molar-refractivity contribution < 1.29 is 9.90 Å². The zero-order valence-electron chi connectivity index (χ0n) is 5.24. The van der Waals surface area contributed by atoms with Gasteiger partial charge in [-0.05, 0) is 0 Å². The molecule has 0 bridgehead atoms. The Kier molecular flexibility index (Phi) is 4.22. The zero-order valence-corrected chi connectivity index (χ0v) is 6.14. The first-order chi connectivity index (χ1) is 4.13. The maximum Gasteiger partial charge on any atom is 0.307 e. The quantitative estimate of drug-likeness (QED) is 0.465. The monoisotopic (exact) mass is 146 g/mol. The normalized spacial score (nSPS) is 14.0. The molecule has 3 heteroatoms. The van der Waals surface area contributed by atoms with Gasteiger partial charge in [-0.25, -0.2) is 0 Å². The molecule has 0 saturated heterocycles. The van der Waals surface area contributed by atoms with E-state index < -0.39 is 5.97 Å². The molecule has 0 amide bonds. The second-order valence-corrected chi connectivity index (χ2v) is 2.58. The Hall–Kier alpha value is -0.440. The Morgan fingerprint density at radius 3 is 2.78 bits per heavy atom. The first-order valence-corrected chi connectivity index (χ1v) is 3.21. The van der Waals surface area contributed by atoms with Gasteiger partial charge in [0.05, 0.1) is 6.42 Å². The van der Waals surface area contributed by atoms with Crippen LogP contribution in [0.4, 0.5) is 0 Å². The number of carbonyl (C=O) groups is 1. The lowest BCUT2D eigenvalue weighted by molar-refractivity contribution is -0.136. The van der Waals surface area contributed by atoms with Crippen molar-refractivity contribution >= 4 is 18.6 Å². The zero-order chi connectivity index (χ0) is 7.28. The molecule has 0 heterocycles. The molecule has 0 rings (SSSR count). The van der Waals surface area contributed by atoms with E-state index in [-0.39, 0.29) is 11.7 Å². The Bertz CT molecular complexity index is 118. The van der Waals surface area contributed by atoms with E-state index >= 15 is 0 Å². The fourth-order valence-corrected chi connectivity index (χ4v) is 0.488. The van der Waals surface area contributed by atoms with E-state index in [1.807, 2.05) is 6.92 Å². The summed E-state index contributed by atoms with van der Waals surface area (Å²) in [5.74, 6) is -0.805. The molecular weight excluding hydrogens is 136 g/mol. The molecule has 0 aliphatic carbocycles. The van der Waals surface area contributed by atoms with Crippen molar-refractivity contribution in [2.45, 2.75) is 18.6 Å². The minimum Gasteiger partial charge on any atom is -0.481 e. The minimum absolute atomic E-state index is 0.0882. The summed E-state index contributed by atoms with van der Waals surface area (Å²) in [5, 5.41) is 8.29. The van der Waals surface area contributed by atoms with Gasteiger partial charge in [-0.15, -0.1) is 0 Å². The SMILES string of the molecule is CC(S)/C=C\CC(=O)O. The third kappa shape index (κ3) is 7.56. The van der Waals surface area contributed by atoms with Gasteiger partial charge in [-0.1, -0.05) is 19.1 Å². The number of carboxylic acids is 1. The van der Waals surface area contributed by atoms with Crippen LogP contribution < -0.4 is 0 Å². The van der Waals surface area contributed by atoms with Gasteiger partial charge in [0.2, 0.25) is 0 Å². The van der Waals surface area contributed by atoms with Crippen molar-refractivity contribution in [1.82, 2.24) is 0 Å². The highest BCUT2D eigenvalue weighted by atomic mass is 32.1. The third-order valence-corrected chi connectivity index (χ3v) is 0.879. The molecule has 0 saturated carbocycles. The summed E-state index contributed by atoms with van der Waals surface area (Å²) in [6.45, 7) is 1.88. The number of carboxylic acid groups (broad SMARTS) is 1. The lowest BCUT2D eigenvalue weighted by atomic mass is 10.3. The Balaban J connectivity index is 3.36. The predicted octanol–water partition coefficient (Wildman–Crippen LogP) is 1.34. The van der Waals surface area contributed by atoms with Crippen LogP contribution in [0, 0.1) is 0 Å². The van der Waals surface area contributed by atoms with Crippen molar-refractivity contribution in [1.29, 1.82) is 0 Å². The average Bonchev–Trinajstić information content (AvgIpc) is 1.63. The molecule has 1 atom stereocenters. The maximum atomic E-state index is 9.90. The van der Waals surface area contributed by atoms with E-state index in [2.05, 4.69) is 12.6 Å². The van der Waals surface area contributed by atoms with Crippen LogP contribution in [0.15, 0.2) is 12.2 Å². The molecule has 0 radical (unpaired) electrons. The molecule has 52 valence electrons. The van der Waals surface area contributed by atoms with Gasteiger partial charge in [0.25, 0.3) is 0 Å². The van der Waals surface area contributed by atoms with E-state index in [1.165, 1.54) is 0 Å². The molecule has 0 aliphatic heterocycles. The van der Waals surface area contributed by atoms with Gasteiger partial charge in [0.15, 0.2) is 0 Å². The Morgan fingerprint density at radius 1 is 1.89 bits per heavy atom. The van der Waals surface area contributed by atoms with E-state index in [0.29, 0.717) is 0 Å². The fraction of sp³-hybridized carbons (Fsp3) is 0.500. The van der Waals surface area contributed by atoms with Crippen molar-refractivity contribution in [3.8, 4) is 0 Å². The van der Waals surface area contributed by atoms with Crippen molar-refractivity contribution in [2.75, 3.05) is 0 Å². The van der Waals surface area contributed by atoms with E-state index in [4.69, 9.17) is 5.11 Å². The Labute approximate surface area is 60.0 Å². The summed E-state index contributed by atoms with van der Waals surface area (Å²) < 4.78 is 0. The molecule has 0 fully saturated rings. The van der Waals surface area contributed by atoms with E-state index in [9.17, 15) is 4.79 Å². The van der Waals surface area contributed by atoms with Gasteiger partial charge < -0.3 is 5.11 Å². The first kappa shape index (κ1) is 8.56. The van der Waals surface area contributed by atoms with Crippen LogP contribution in [0.2, 0.25) is 0 Å². The molecule has 1 unspecified atom stereocenters. The smallest absolute Gasteiger partial charge is 0.307 e. The molecule has 0 aromatic carbocycles. The van der Waals surface area contributed by atoms with Crippen LogP contribution in [0.5, 0.6) is 0 Å². The molecule has 1 N–H and O–H groups in total. The second kappa shape index (κ2) is 4.44. The van der Waals surface area contributed by atoms with Crippen LogP contribution in [0.1, 0.15) is 13.3 Å². The molecular formula is C6H10O2S. The summed E-state index contributed by atoms with van der Waals surface area (Å²) in [7, 11) is 0. The highest BCUT2D eigenvalue weighted by molar-refractivity contribution is 7.81. The van der Waals surface area contributed by atoms with Gasteiger partial charge in [0.1, 0.15) is 0 Å². The maximum absolute atomic E-state index is 9.90. The van der Waals surface area contributed by atoms with E-state index in [0.717, 1.165) is 0 Å². The van der Waals surface area contributed by atoms with Gasteiger partial charge in [0, 0.05) is 5.25 Å². The highest BCUT2D eigenvalue weighted by Gasteiger charge is 1.89. The largest absolute Gasteiger partial charge is 0.481 e. The summed E-state index contributed by atoms with van der Waals surface area (Å²) >= 11 is 4.02. The lowest BCUT2D eigenvalue weighted by Crippen LogP contribution is -1.91. The molecule has 0 aliphatic rings. The highest BCUT2D eigenvalue weighted by Crippen LogP contribution is 1.94. The van der Waals surface area contributed by atoms with Crippen molar-refractivity contribution in [3.05, 3.63) is 12.2 Å². The van der Waals surface area contributed by atoms with Crippen LogP contribution in [-0.4, -0.2) is 16.3 Å². The molecule has 0 aromatic rings. The second-order valence-electron chi connectivity index (χ2n) is 1.77. The molecule has 0 spiro atoms. The number of hydrogen-bond donors (Lipinski definition) is 2. The summed E-state index contributed by atoms with van der Waals surface area (Å²) in [5.41, 5.74) is 0. The number of hydrogen-bond acceptors (Lipinski definition) is 2. The van der Waals surface area contributed by atoms with Crippen LogP contribution in [0.25, 0.3) is 0 Å². The first-order valence-electron chi connectivity index (χ1n) is 2.69. The van der Waals surface area contributed by atoms with Gasteiger partial charge >= 0.3 is 5.97 Å². The average molecular weight is 146 g/mol. The third-order valence-electron chi connectivity index (χ3n) is 0.707. The van der Waals surface area contributed by atoms with E-state index in [1.54, 1.807) is 12.2 Å². The van der Waals surface area contributed by atoms with Crippen LogP contribution >= 0.6 is 12.6 Å². The van der Waals surface area contributed by atoms with Crippen LogP contribution in [0.3, 0.4) is 0 Å². The van der Waals surface area contributed by atoms with Crippen LogP contribution in [-0.2, 0) is 4.79 Å². The topological polar surface area (TPSA) is 37.3 Å². The minimum atomic E-state index is -0.805. The molecule has 0 aromatic heterocycles. The number of rotatable bonds is 3. The number of aliphatic carboxylic acids is 1. The standard InChI is InChI=1S/C6H10O2S/c1-5(9)3-2-4-6(7)8/h2-3,5,9H,4H2,1H3,(H,7,8)/b3-2-. The summed E-state index contributed by atoms with van der Waals surface area (Å²) in [6, 6.07) is 0. The molecule has 9 heavy (non-hydrogen) atoms. The van der Waals surface area contributed by atoms with Crippen molar-refractivity contribution in [2.24, 2.45) is 0 Å². The van der Waals surface area contributed by atoms with Gasteiger partial charge in [-0.3, -0.25) is 4.79 Å².